The molecule has 60 valence electrons. The van der Waals surface area contributed by atoms with Gasteiger partial charge in [-0.2, -0.15) is 0 Å². The number of carboxylic acids is 2. The van der Waals surface area contributed by atoms with Crippen LogP contribution < -0.4 is 10.2 Å². The molecule has 0 bridgehead atoms. The molecule has 0 aromatic rings. The van der Waals surface area contributed by atoms with Crippen molar-refractivity contribution in [3.8, 4) is 0 Å². The molecule has 11 heavy (non-hydrogen) atoms. The summed E-state index contributed by atoms with van der Waals surface area (Å²) in [5, 5.41) is 18.5. The van der Waals surface area contributed by atoms with E-state index in [1.807, 2.05) is 0 Å². The minimum Gasteiger partial charge on any atom is -0.549 e. The van der Waals surface area contributed by atoms with Gasteiger partial charge in [0, 0.05) is 8.86 Å². The van der Waals surface area contributed by atoms with Gasteiger partial charge in [0.25, 0.3) is 0 Å². The zero-order valence-electron chi connectivity index (χ0n) is 5.51. The van der Waals surface area contributed by atoms with Gasteiger partial charge in [-0.15, -0.1) is 0 Å². The van der Waals surface area contributed by atoms with Crippen LogP contribution in [0.2, 0.25) is 0 Å². The molecule has 0 aliphatic rings. The molecular weight excluding hydrogens is 431 g/mol. The molecule has 0 spiro atoms. The maximum absolute atomic E-state index is 9.25. The van der Waals surface area contributed by atoms with Gasteiger partial charge in [-0.3, -0.25) is 0 Å². The zero-order valence-corrected chi connectivity index (χ0v) is 12.8. The fourth-order valence-corrected chi connectivity index (χ4v) is 0. The van der Waals surface area contributed by atoms with Crippen LogP contribution in [-0.4, -0.2) is 20.8 Å². The van der Waals surface area contributed by atoms with Gasteiger partial charge in [-0.1, -0.05) is 45.2 Å². The van der Waals surface area contributed by atoms with E-state index in [-0.39, 0.29) is 28.3 Å². The molecular formula is C4H4I2O4Zn. The summed E-state index contributed by atoms with van der Waals surface area (Å²) >= 11 is 3.43. The first-order valence-electron chi connectivity index (χ1n) is 2.06. The molecule has 0 fully saturated rings. The Morgan fingerprint density at radius 1 is 1.00 bits per heavy atom. The predicted octanol–water partition coefficient (Wildman–Crippen LogP) is -1.66. The second kappa shape index (κ2) is 13.6. The second-order valence-corrected chi connectivity index (χ2v) is 2.54. The van der Waals surface area contributed by atoms with Gasteiger partial charge >= 0.3 is 19.5 Å². The Morgan fingerprint density at radius 2 is 1.09 bits per heavy atom. The Balaban J connectivity index is -0.000000107. The molecule has 0 amide bonds. The topological polar surface area (TPSA) is 80.3 Å². The molecule has 0 rings (SSSR count). The molecule has 7 heteroatoms. The summed E-state index contributed by atoms with van der Waals surface area (Å²) < 4.78 is 0.162. The van der Waals surface area contributed by atoms with Gasteiger partial charge in [0.15, 0.2) is 0 Å². The molecule has 0 aliphatic carbocycles. The van der Waals surface area contributed by atoms with Crippen molar-refractivity contribution in [2.45, 2.75) is 0 Å². The normalized spacial score (nSPS) is 6.73. The first-order chi connectivity index (χ1) is 4.54. The molecule has 0 aromatic carbocycles. The number of carboxylic acid groups (broad SMARTS) is 2. The number of alkyl halides is 2. The third-order valence-corrected chi connectivity index (χ3v) is 1.46. The molecule has 0 saturated heterocycles. The quantitative estimate of drug-likeness (QED) is 0.296. The van der Waals surface area contributed by atoms with E-state index in [1.165, 1.54) is 0 Å². The van der Waals surface area contributed by atoms with Crippen LogP contribution >= 0.6 is 45.2 Å². The smallest absolute Gasteiger partial charge is 0.549 e. The van der Waals surface area contributed by atoms with Crippen LogP contribution in [-0.2, 0) is 29.1 Å². The summed E-state index contributed by atoms with van der Waals surface area (Å²) in [6.45, 7) is 0. The zero-order chi connectivity index (χ0) is 8.57. The van der Waals surface area contributed by atoms with Crippen molar-refractivity contribution < 1.29 is 39.3 Å². The number of carbonyl (C=O) groups excluding carboxylic acids is 2. The Morgan fingerprint density at radius 3 is 1.09 bits per heavy atom. The Kier molecular flexibility index (Phi) is 22.2. The first-order valence-corrected chi connectivity index (χ1v) is 5.11. The predicted molar refractivity (Wildman–Crippen MR) is 47.8 cm³/mol. The molecule has 0 radical (unpaired) electrons. The third-order valence-electron chi connectivity index (χ3n) is 0.218. The molecule has 0 unspecified atom stereocenters. The largest absolute Gasteiger partial charge is 2.00 e. The monoisotopic (exact) mass is 434 g/mol. The van der Waals surface area contributed by atoms with Crippen LogP contribution in [0.25, 0.3) is 0 Å². The fourth-order valence-electron chi connectivity index (χ4n) is 0. The third kappa shape index (κ3) is 35.6. The van der Waals surface area contributed by atoms with E-state index in [1.54, 1.807) is 45.2 Å². The molecule has 0 atom stereocenters. The van der Waals surface area contributed by atoms with Gasteiger partial charge in [0.1, 0.15) is 0 Å². The van der Waals surface area contributed by atoms with Crippen LogP contribution in [0.15, 0.2) is 0 Å². The molecule has 0 saturated carbocycles. The number of hydrogen-bond donors (Lipinski definition) is 0. The Hall–Kier alpha value is 1.02. The fraction of sp³-hybridized carbons (Fsp3) is 0.500. The van der Waals surface area contributed by atoms with E-state index in [9.17, 15) is 19.8 Å². The van der Waals surface area contributed by atoms with Crippen molar-refractivity contribution in [2.75, 3.05) is 8.86 Å². The molecule has 0 heterocycles. The van der Waals surface area contributed by atoms with E-state index in [4.69, 9.17) is 0 Å². The van der Waals surface area contributed by atoms with Crippen molar-refractivity contribution in [1.29, 1.82) is 0 Å². The van der Waals surface area contributed by atoms with Crippen LogP contribution in [0.1, 0.15) is 0 Å². The summed E-state index contributed by atoms with van der Waals surface area (Å²) in [6, 6.07) is 0. The van der Waals surface area contributed by atoms with Crippen LogP contribution in [0.5, 0.6) is 0 Å². The van der Waals surface area contributed by atoms with Crippen molar-refractivity contribution in [3.05, 3.63) is 0 Å². The average Bonchev–Trinajstić information content (AvgIpc) is 1.89. The molecule has 0 aliphatic heterocycles. The number of hydrogen-bond acceptors (Lipinski definition) is 4. The summed E-state index contributed by atoms with van der Waals surface area (Å²) in [4.78, 5) is 18.5. The van der Waals surface area contributed by atoms with Crippen molar-refractivity contribution in [3.63, 3.8) is 0 Å². The summed E-state index contributed by atoms with van der Waals surface area (Å²) in [5.41, 5.74) is 0. The van der Waals surface area contributed by atoms with Crippen LogP contribution in [0.3, 0.4) is 0 Å². The van der Waals surface area contributed by atoms with Gasteiger partial charge in [-0.05, 0) is 0 Å². The van der Waals surface area contributed by atoms with Crippen molar-refractivity contribution >= 4 is 57.1 Å². The number of aliphatic carboxylic acids is 2. The van der Waals surface area contributed by atoms with Crippen molar-refractivity contribution in [1.82, 2.24) is 0 Å². The average molecular weight is 435 g/mol. The second-order valence-electron chi connectivity index (χ2n) is 1.01. The minimum absolute atomic E-state index is 0. The van der Waals surface area contributed by atoms with Gasteiger partial charge in [0.05, 0.1) is 11.9 Å². The van der Waals surface area contributed by atoms with E-state index in [0.717, 1.165) is 0 Å². The summed E-state index contributed by atoms with van der Waals surface area (Å²) in [6.07, 6.45) is 0. The van der Waals surface area contributed by atoms with E-state index in [2.05, 4.69) is 0 Å². The maximum Gasteiger partial charge on any atom is 2.00 e. The Labute approximate surface area is 104 Å². The standard InChI is InChI=1S/2C2H3IO2.Zn/c2*3-1-2(4)5;/h2*1H2,(H,4,5);/q;;+2/p-2. The summed E-state index contributed by atoms with van der Waals surface area (Å²) in [7, 11) is 0. The number of halogens is 2. The first kappa shape index (κ1) is 17.9. The minimum atomic E-state index is -1.01. The molecule has 0 N–H and O–H groups in total. The Bertz CT molecular complexity index is 105. The SMILES string of the molecule is O=C([O-])CI.O=C([O-])CI.[Zn+2]. The van der Waals surface area contributed by atoms with Gasteiger partial charge in [0.2, 0.25) is 0 Å². The van der Waals surface area contributed by atoms with E-state index in [0.29, 0.717) is 0 Å². The number of carbonyl (C=O) groups is 2. The summed E-state index contributed by atoms with van der Waals surface area (Å²) in [5.74, 6) is -2.02. The van der Waals surface area contributed by atoms with E-state index < -0.39 is 11.9 Å². The molecule has 4 nitrogen and oxygen atoms in total. The molecule has 0 aromatic heterocycles. The number of rotatable bonds is 2. The van der Waals surface area contributed by atoms with E-state index >= 15 is 0 Å². The van der Waals surface area contributed by atoms with Gasteiger partial charge < -0.3 is 19.8 Å². The van der Waals surface area contributed by atoms with Crippen LogP contribution in [0.4, 0.5) is 0 Å². The maximum atomic E-state index is 9.25. The van der Waals surface area contributed by atoms with Gasteiger partial charge in [-0.25, -0.2) is 0 Å². The van der Waals surface area contributed by atoms with Crippen molar-refractivity contribution in [2.24, 2.45) is 0 Å². The van der Waals surface area contributed by atoms with Crippen LogP contribution in [0, 0.1) is 0 Å².